The van der Waals surface area contributed by atoms with E-state index in [0.717, 1.165) is 11.3 Å². The van der Waals surface area contributed by atoms with E-state index < -0.39 is 17.7 Å². The largest absolute Gasteiger partial charge is 0.465 e. The Hall–Kier alpha value is -2.93. The molecule has 2 aliphatic heterocycles. The minimum atomic E-state index is -1.02. The van der Waals surface area contributed by atoms with E-state index in [1.54, 1.807) is 4.57 Å². The summed E-state index contributed by atoms with van der Waals surface area (Å²) in [6, 6.07) is 10.9. The van der Waals surface area contributed by atoms with Gasteiger partial charge in [-0.05, 0) is 38.1 Å². The van der Waals surface area contributed by atoms with Crippen molar-refractivity contribution in [3.05, 3.63) is 73.5 Å². The van der Waals surface area contributed by atoms with Crippen molar-refractivity contribution in [2.75, 3.05) is 0 Å². The molecule has 0 amide bonds. The van der Waals surface area contributed by atoms with Crippen LogP contribution >= 0.6 is 11.3 Å². The van der Waals surface area contributed by atoms with Gasteiger partial charge in [-0.1, -0.05) is 29.5 Å². The van der Waals surface area contributed by atoms with Gasteiger partial charge in [0.25, 0.3) is 5.56 Å². The van der Waals surface area contributed by atoms with Gasteiger partial charge in [0, 0.05) is 17.5 Å². The maximum absolute atomic E-state index is 13.2. The molecule has 2 aromatic heterocycles. The van der Waals surface area contributed by atoms with Crippen LogP contribution in [0.15, 0.2) is 52.4 Å². The Morgan fingerprint density at radius 1 is 1.33 bits per heavy atom. The summed E-state index contributed by atoms with van der Waals surface area (Å²) in [7, 11) is 0. The van der Waals surface area contributed by atoms with Crippen molar-refractivity contribution in [3.63, 3.8) is 0 Å². The first-order valence-corrected chi connectivity index (χ1v) is 9.54. The first-order chi connectivity index (χ1) is 13.0. The third kappa shape index (κ3) is 2.28. The number of aromatic amines is 1. The molecule has 1 aromatic carbocycles. The Morgan fingerprint density at radius 2 is 2.15 bits per heavy atom. The first-order valence-electron chi connectivity index (χ1n) is 8.73. The van der Waals surface area contributed by atoms with Gasteiger partial charge in [0.15, 0.2) is 4.80 Å². The highest BCUT2D eigenvalue weighted by Gasteiger charge is 2.53. The average Bonchev–Trinajstić information content (AvgIpc) is 3.22. The molecule has 0 fully saturated rings. The Kier molecular flexibility index (Phi) is 3.33. The minimum absolute atomic E-state index is 0.0422. The summed E-state index contributed by atoms with van der Waals surface area (Å²) in [6.07, 6.45) is 3.63. The van der Waals surface area contributed by atoms with E-state index in [1.165, 1.54) is 18.3 Å². The fourth-order valence-electron chi connectivity index (χ4n) is 4.13. The van der Waals surface area contributed by atoms with E-state index in [-0.39, 0.29) is 11.3 Å². The topological polar surface area (TPSA) is 76.4 Å². The number of thiazole rings is 1. The third-order valence-electron chi connectivity index (χ3n) is 5.23. The zero-order valence-corrected chi connectivity index (χ0v) is 15.6. The average molecular weight is 379 g/mol. The molecular formula is C20H17N3O3S. The summed E-state index contributed by atoms with van der Waals surface area (Å²) in [5.74, 6) is 0.0786. The number of nitrogens with one attached hydrogen (secondary N) is 1. The van der Waals surface area contributed by atoms with Crippen molar-refractivity contribution in [2.24, 2.45) is 10.9 Å². The second kappa shape index (κ2) is 5.53. The monoisotopic (exact) mass is 379 g/mol. The maximum atomic E-state index is 13.2. The second-order valence-corrected chi connectivity index (χ2v) is 8.04. The van der Waals surface area contributed by atoms with E-state index in [1.807, 2.05) is 55.6 Å². The zero-order chi connectivity index (χ0) is 18.8. The Balaban J connectivity index is 1.85. The highest BCUT2D eigenvalue weighted by molar-refractivity contribution is 7.07. The summed E-state index contributed by atoms with van der Waals surface area (Å²) in [5, 5.41) is 0. The van der Waals surface area contributed by atoms with Crippen LogP contribution in [0.1, 0.15) is 31.1 Å². The predicted molar refractivity (Wildman–Crippen MR) is 102 cm³/mol. The van der Waals surface area contributed by atoms with Crippen molar-refractivity contribution in [3.8, 4) is 5.75 Å². The smallest absolute Gasteiger partial charge is 0.270 e. The van der Waals surface area contributed by atoms with Crippen LogP contribution in [0.2, 0.25) is 0 Å². The number of fused-ring (bicyclic) bond motifs is 6. The molecule has 2 bridgehead atoms. The fourth-order valence-corrected chi connectivity index (χ4v) is 5.22. The number of ether oxygens (including phenoxy) is 1. The summed E-state index contributed by atoms with van der Waals surface area (Å²) >= 11 is 1.32. The molecule has 0 radical (unpaired) electrons. The fraction of sp³-hybridized carbons (Fsp3) is 0.250. The molecule has 27 heavy (non-hydrogen) atoms. The molecule has 0 saturated carbocycles. The van der Waals surface area contributed by atoms with Crippen LogP contribution < -0.4 is 19.6 Å². The molecule has 0 aliphatic carbocycles. The molecule has 4 heterocycles. The van der Waals surface area contributed by atoms with Crippen LogP contribution in [0.3, 0.4) is 0 Å². The van der Waals surface area contributed by atoms with Gasteiger partial charge in [0.2, 0.25) is 5.72 Å². The van der Waals surface area contributed by atoms with Crippen molar-refractivity contribution in [1.82, 2.24) is 9.55 Å². The van der Waals surface area contributed by atoms with E-state index in [4.69, 9.17) is 9.73 Å². The lowest BCUT2D eigenvalue weighted by Crippen LogP contribution is -2.58. The molecule has 2 aliphatic rings. The number of carbonyl (C=O) groups is 1. The molecule has 0 saturated heterocycles. The van der Waals surface area contributed by atoms with E-state index in [2.05, 4.69) is 4.98 Å². The number of aromatic nitrogens is 2. The zero-order valence-electron chi connectivity index (χ0n) is 14.8. The van der Waals surface area contributed by atoms with Crippen molar-refractivity contribution < 1.29 is 9.53 Å². The molecular weight excluding hydrogens is 362 g/mol. The van der Waals surface area contributed by atoms with Crippen molar-refractivity contribution in [2.45, 2.75) is 25.6 Å². The van der Waals surface area contributed by atoms with Crippen LogP contribution in [0.5, 0.6) is 5.75 Å². The van der Waals surface area contributed by atoms with Gasteiger partial charge in [-0.2, -0.15) is 0 Å². The number of benzene rings is 1. The number of hydrogen-bond acceptors (Lipinski definition) is 5. The van der Waals surface area contributed by atoms with E-state index in [0.29, 0.717) is 15.1 Å². The molecule has 0 spiro atoms. The summed E-state index contributed by atoms with van der Waals surface area (Å²) in [6.45, 7) is 3.36. The number of ketones is 1. The lowest BCUT2D eigenvalue weighted by atomic mass is 9.79. The van der Waals surface area contributed by atoms with Gasteiger partial charge in [-0.15, -0.1) is 0 Å². The van der Waals surface area contributed by atoms with Gasteiger partial charge in [0.05, 0.1) is 10.6 Å². The molecule has 3 atom stereocenters. The van der Waals surface area contributed by atoms with Crippen LogP contribution in [-0.4, -0.2) is 21.1 Å². The summed E-state index contributed by atoms with van der Waals surface area (Å²) in [4.78, 5) is 34.2. The number of Topliss-reactive ketones (excluding diaryl/α,β-unsaturated/α-hetero) is 1. The Labute approximate surface area is 158 Å². The van der Waals surface area contributed by atoms with E-state index >= 15 is 0 Å². The Bertz CT molecular complexity index is 1240. The second-order valence-electron chi connectivity index (χ2n) is 7.03. The van der Waals surface area contributed by atoms with Crippen molar-refractivity contribution >= 4 is 23.2 Å². The maximum Gasteiger partial charge on any atom is 0.270 e. The van der Waals surface area contributed by atoms with Gasteiger partial charge in [-0.25, -0.2) is 4.99 Å². The highest BCUT2D eigenvalue weighted by atomic mass is 32.1. The third-order valence-corrected chi connectivity index (χ3v) is 6.21. The normalized spacial score (nSPS) is 25.9. The van der Waals surface area contributed by atoms with Crippen molar-refractivity contribution in [1.29, 1.82) is 0 Å². The van der Waals surface area contributed by atoms with Gasteiger partial charge >= 0.3 is 0 Å². The number of nitrogens with zero attached hydrogens (tertiary/aromatic N) is 2. The van der Waals surface area contributed by atoms with Gasteiger partial charge in [0.1, 0.15) is 17.5 Å². The van der Waals surface area contributed by atoms with Crippen LogP contribution in [0.4, 0.5) is 0 Å². The molecule has 1 N–H and O–H groups in total. The van der Waals surface area contributed by atoms with Crippen LogP contribution in [0, 0.1) is 5.92 Å². The number of H-pyrrole nitrogens is 1. The summed E-state index contributed by atoms with van der Waals surface area (Å²) in [5.41, 5.74) is 0.535. The SMILES string of the molecule is CC(=O)C1C2c3ccccc3OC1(C)N=c1s/c(=C\c3ccc[nH]3)c(=O)n12. The number of para-hydroxylation sites is 1. The van der Waals surface area contributed by atoms with Gasteiger partial charge < -0.3 is 9.72 Å². The quantitative estimate of drug-likeness (QED) is 0.735. The molecule has 3 unspecified atom stereocenters. The number of hydrogen-bond donors (Lipinski definition) is 1. The molecule has 136 valence electrons. The van der Waals surface area contributed by atoms with Crippen LogP contribution in [-0.2, 0) is 4.79 Å². The first kappa shape index (κ1) is 16.3. The Morgan fingerprint density at radius 3 is 2.89 bits per heavy atom. The standard InChI is InChI=1S/C20H17N3O3S/c1-11(24)16-17-13-7-3-4-8-14(13)26-20(16,2)22-19-23(17)18(25)15(27-19)10-12-6-5-9-21-12/h3-10,16-17,21H,1-2H3/b15-10-. The lowest BCUT2D eigenvalue weighted by molar-refractivity contribution is -0.132. The van der Waals surface area contributed by atoms with Crippen LogP contribution in [0.25, 0.3) is 6.08 Å². The lowest BCUT2D eigenvalue weighted by Gasteiger charge is -2.45. The molecule has 3 aromatic rings. The number of carbonyl (C=O) groups excluding carboxylic acids is 1. The highest BCUT2D eigenvalue weighted by Crippen LogP contribution is 2.47. The number of rotatable bonds is 2. The minimum Gasteiger partial charge on any atom is -0.465 e. The predicted octanol–water partition coefficient (Wildman–Crippen LogP) is 1.60. The molecule has 7 heteroatoms. The molecule has 5 rings (SSSR count). The van der Waals surface area contributed by atoms with Gasteiger partial charge in [-0.3, -0.25) is 14.2 Å². The van der Waals surface area contributed by atoms with E-state index in [9.17, 15) is 9.59 Å². The molecule has 6 nitrogen and oxygen atoms in total. The summed E-state index contributed by atoms with van der Waals surface area (Å²) < 4.78 is 8.40.